The Balaban J connectivity index is 1.48. The van der Waals surface area contributed by atoms with Gasteiger partial charge in [-0.05, 0) is 82.2 Å². The van der Waals surface area contributed by atoms with Crippen molar-refractivity contribution in [3.63, 3.8) is 0 Å². The highest BCUT2D eigenvalue weighted by Crippen LogP contribution is 2.46. The number of rotatable bonds is 4. The van der Waals surface area contributed by atoms with Crippen molar-refractivity contribution in [3.05, 3.63) is 142 Å². The first-order chi connectivity index (χ1) is 17.5. The summed E-state index contributed by atoms with van der Waals surface area (Å²) < 4.78 is 0. The monoisotopic (exact) mass is 472 g/mol. The minimum Gasteiger partial charge on any atom is -0.380 e. The molecule has 2 aliphatic rings. The molecule has 0 spiro atoms. The van der Waals surface area contributed by atoms with Crippen molar-refractivity contribution in [2.75, 3.05) is 0 Å². The number of aliphatic hydroxyl groups is 2. The van der Waals surface area contributed by atoms with Crippen LogP contribution in [0.2, 0.25) is 0 Å². The van der Waals surface area contributed by atoms with E-state index in [9.17, 15) is 10.2 Å². The van der Waals surface area contributed by atoms with Gasteiger partial charge in [0.2, 0.25) is 0 Å². The van der Waals surface area contributed by atoms with Crippen LogP contribution >= 0.6 is 0 Å². The van der Waals surface area contributed by atoms with Gasteiger partial charge in [-0.3, -0.25) is 0 Å². The summed E-state index contributed by atoms with van der Waals surface area (Å²) in [6.45, 7) is 2.04. The Morgan fingerprint density at radius 1 is 0.611 bits per heavy atom. The van der Waals surface area contributed by atoms with Gasteiger partial charge in [-0.2, -0.15) is 0 Å². The lowest BCUT2D eigenvalue weighted by atomic mass is 9.78. The fourth-order valence-corrected chi connectivity index (χ4v) is 6.40. The molecular weight excluding hydrogens is 440 g/mol. The largest absolute Gasteiger partial charge is 0.380 e. The molecule has 2 aliphatic carbocycles. The van der Waals surface area contributed by atoms with E-state index in [1.54, 1.807) is 0 Å². The van der Waals surface area contributed by atoms with Gasteiger partial charge < -0.3 is 10.2 Å². The van der Waals surface area contributed by atoms with Gasteiger partial charge in [-0.1, -0.05) is 110 Å². The maximum atomic E-state index is 12.5. The normalized spacial score (nSPS) is 19.6. The topological polar surface area (TPSA) is 40.5 Å². The zero-order chi connectivity index (χ0) is 24.8. The molecule has 2 heteroatoms. The van der Waals surface area contributed by atoms with E-state index in [-0.39, 0.29) is 0 Å². The Morgan fingerprint density at radius 3 is 1.78 bits per heavy atom. The third-order valence-corrected chi connectivity index (χ3v) is 8.31. The average molecular weight is 473 g/mol. The average Bonchev–Trinajstić information content (AvgIpc) is 3.12. The molecule has 0 amide bonds. The number of aryl methyl sites for hydroxylation is 2. The lowest BCUT2D eigenvalue weighted by Gasteiger charge is -2.32. The van der Waals surface area contributed by atoms with Crippen LogP contribution in [0.5, 0.6) is 0 Å². The fraction of sp³-hybridized carbons (Fsp3) is 0.235. The van der Waals surface area contributed by atoms with Gasteiger partial charge in [-0.25, -0.2) is 0 Å². The molecule has 0 heterocycles. The van der Waals surface area contributed by atoms with Gasteiger partial charge in [0.1, 0.15) is 11.2 Å². The maximum absolute atomic E-state index is 12.5. The first kappa shape index (κ1) is 23.0. The lowest BCUT2D eigenvalue weighted by Crippen LogP contribution is -2.29. The van der Waals surface area contributed by atoms with Gasteiger partial charge in [0.15, 0.2) is 0 Å². The number of hydrogen-bond donors (Lipinski definition) is 2. The Morgan fingerprint density at radius 2 is 1.14 bits per heavy atom. The number of benzene rings is 4. The molecular formula is C34H32O2. The van der Waals surface area contributed by atoms with Crippen LogP contribution < -0.4 is 0 Å². The molecule has 2 N–H and O–H groups in total. The summed E-state index contributed by atoms with van der Waals surface area (Å²) in [5, 5.41) is 24.4. The summed E-state index contributed by atoms with van der Waals surface area (Å²) in [5.74, 6) is 0. The third kappa shape index (κ3) is 3.56. The zero-order valence-electron chi connectivity index (χ0n) is 20.7. The predicted molar refractivity (Wildman–Crippen MR) is 147 cm³/mol. The molecule has 0 saturated heterocycles. The summed E-state index contributed by atoms with van der Waals surface area (Å²) in [6.07, 6.45) is 5.92. The van der Waals surface area contributed by atoms with Gasteiger partial charge in [0.25, 0.3) is 0 Å². The smallest absolute Gasteiger partial charge is 0.115 e. The Hall–Kier alpha value is -3.46. The van der Waals surface area contributed by atoms with Crippen LogP contribution in [0.4, 0.5) is 0 Å². The summed E-state index contributed by atoms with van der Waals surface area (Å²) >= 11 is 0. The summed E-state index contributed by atoms with van der Waals surface area (Å²) in [5.41, 5.74) is 7.49. The first-order valence-corrected chi connectivity index (χ1v) is 13.1. The van der Waals surface area contributed by atoms with Crippen molar-refractivity contribution >= 4 is 11.6 Å². The quantitative estimate of drug-likeness (QED) is 0.336. The second-order valence-electron chi connectivity index (χ2n) is 10.2. The van der Waals surface area contributed by atoms with E-state index in [4.69, 9.17) is 0 Å². The molecule has 1 unspecified atom stereocenters. The van der Waals surface area contributed by atoms with Gasteiger partial charge in [0, 0.05) is 0 Å². The van der Waals surface area contributed by atoms with E-state index in [0.29, 0.717) is 19.3 Å². The Bertz CT molecular complexity index is 1420. The lowest BCUT2D eigenvalue weighted by molar-refractivity contribution is 0.0719. The van der Waals surface area contributed by atoms with Crippen molar-refractivity contribution < 1.29 is 10.2 Å². The van der Waals surface area contributed by atoms with Gasteiger partial charge >= 0.3 is 0 Å². The van der Waals surface area contributed by atoms with E-state index in [0.717, 1.165) is 51.8 Å². The van der Waals surface area contributed by atoms with E-state index >= 15 is 0 Å². The highest BCUT2D eigenvalue weighted by molar-refractivity contribution is 5.86. The molecule has 1 atom stereocenters. The highest BCUT2D eigenvalue weighted by atomic mass is 16.3. The van der Waals surface area contributed by atoms with E-state index in [1.165, 1.54) is 11.1 Å². The van der Waals surface area contributed by atoms with Crippen LogP contribution in [0, 0.1) is 0 Å². The first-order valence-electron chi connectivity index (χ1n) is 13.1. The molecule has 0 fully saturated rings. The number of hydrogen-bond acceptors (Lipinski definition) is 2. The van der Waals surface area contributed by atoms with Crippen molar-refractivity contribution in [2.45, 2.75) is 50.2 Å². The standard InChI is InChI=1S/C34H32O2/c1-2-33(35)31-17-9-5-13-27(31)23-26(28-14-6-10-18-32(28)33)21-22-34(36)29-15-7-3-11-24(29)19-20-25-12-4-8-16-30(25)34/h3-18,23,35-36H,2,19-22H2,1H3. The number of fused-ring (bicyclic) bond motifs is 4. The Kier molecular flexibility index (Phi) is 5.67. The second kappa shape index (κ2) is 8.89. The minimum atomic E-state index is -1.08. The molecule has 0 bridgehead atoms. The fourth-order valence-electron chi connectivity index (χ4n) is 6.40. The third-order valence-electron chi connectivity index (χ3n) is 8.31. The molecule has 2 nitrogen and oxygen atoms in total. The molecule has 0 radical (unpaired) electrons. The molecule has 4 aromatic carbocycles. The van der Waals surface area contributed by atoms with Crippen molar-refractivity contribution in [2.24, 2.45) is 0 Å². The molecule has 0 aromatic heterocycles. The Labute approximate surface area is 213 Å². The van der Waals surface area contributed by atoms with E-state index in [2.05, 4.69) is 60.7 Å². The minimum absolute atomic E-state index is 0.563. The van der Waals surface area contributed by atoms with E-state index in [1.807, 2.05) is 49.4 Å². The maximum Gasteiger partial charge on any atom is 0.115 e. The van der Waals surface area contributed by atoms with Crippen LogP contribution in [0.3, 0.4) is 0 Å². The molecule has 36 heavy (non-hydrogen) atoms. The summed E-state index contributed by atoms with van der Waals surface area (Å²) in [7, 11) is 0. The van der Waals surface area contributed by atoms with E-state index < -0.39 is 11.2 Å². The van der Waals surface area contributed by atoms with Crippen LogP contribution in [-0.2, 0) is 24.0 Å². The van der Waals surface area contributed by atoms with Crippen LogP contribution in [0.25, 0.3) is 11.6 Å². The summed E-state index contributed by atoms with van der Waals surface area (Å²) in [4.78, 5) is 0. The van der Waals surface area contributed by atoms with Gasteiger partial charge in [0.05, 0.1) is 0 Å². The second-order valence-corrected chi connectivity index (χ2v) is 10.2. The molecule has 6 rings (SSSR count). The summed E-state index contributed by atoms with van der Waals surface area (Å²) in [6, 6.07) is 33.1. The highest BCUT2D eigenvalue weighted by Gasteiger charge is 2.39. The molecule has 180 valence electrons. The van der Waals surface area contributed by atoms with Crippen LogP contribution in [0.1, 0.15) is 70.7 Å². The molecule has 4 aromatic rings. The predicted octanol–water partition coefficient (Wildman–Crippen LogP) is 7.00. The van der Waals surface area contributed by atoms with Crippen LogP contribution in [0.15, 0.2) is 97.1 Å². The molecule has 0 saturated carbocycles. The van der Waals surface area contributed by atoms with Crippen LogP contribution in [-0.4, -0.2) is 10.2 Å². The zero-order valence-corrected chi connectivity index (χ0v) is 20.7. The number of allylic oxidation sites excluding steroid dienone is 1. The van der Waals surface area contributed by atoms with Crippen molar-refractivity contribution in [1.29, 1.82) is 0 Å². The van der Waals surface area contributed by atoms with Gasteiger partial charge in [-0.15, -0.1) is 0 Å². The molecule has 0 aliphatic heterocycles. The SMILES string of the molecule is CCC1(O)c2ccccc2C=C(CCC2(O)c3ccccc3CCc3ccccc32)c2ccccc21. The van der Waals surface area contributed by atoms with Crippen molar-refractivity contribution in [1.82, 2.24) is 0 Å². The van der Waals surface area contributed by atoms with Crippen molar-refractivity contribution in [3.8, 4) is 0 Å².